The number of aryl methyl sites for hydroxylation is 2. The van der Waals surface area contributed by atoms with Gasteiger partial charge >= 0.3 is 0 Å². The minimum atomic E-state index is 0.121. The summed E-state index contributed by atoms with van der Waals surface area (Å²) in [5, 5.41) is 0. The lowest BCUT2D eigenvalue weighted by Crippen LogP contribution is -2.15. The fraction of sp³-hybridized carbons (Fsp3) is 0.250. The molecule has 212 valence electrons. The molecule has 1 aliphatic heterocycles. The number of rotatable bonds is 3. The summed E-state index contributed by atoms with van der Waals surface area (Å²) in [6.45, 7) is 18.0. The average molecular weight is 568 g/mol. The van der Waals surface area contributed by atoms with E-state index >= 15 is 0 Å². The summed E-state index contributed by atoms with van der Waals surface area (Å²) in [6, 6.07) is 39.0. The van der Waals surface area contributed by atoms with Crippen molar-refractivity contribution >= 4 is 28.8 Å². The zero-order chi connectivity index (χ0) is 29.8. The highest BCUT2D eigenvalue weighted by Crippen LogP contribution is 2.52. The van der Waals surface area contributed by atoms with E-state index in [-0.39, 0.29) is 10.8 Å². The van der Waals surface area contributed by atoms with Gasteiger partial charge in [0.15, 0.2) is 0 Å². The van der Waals surface area contributed by atoms with Gasteiger partial charge in [-0.3, -0.25) is 0 Å². The van der Waals surface area contributed by atoms with Crippen LogP contribution < -0.4 is 4.90 Å². The molecule has 0 amide bonds. The first-order valence-corrected chi connectivity index (χ1v) is 15.7. The highest BCUT2D eigenvalue weighted by molar-refractivity contribution is 7.99. The Hall–Kier alpha value is -3.75. The van der Waals surface area contributed by atoms with Gasteiger partial charge in [0.1, 0.15) is 0 Å². The van der Waals surface area contributed by atoms with Crippen LogP contribution in [0.5, 0.6) is 0 Å². The van der Waals surface area contributed by atoms with Crippen molar-refractivity contribution in [3.8, 4) is 22.3 Å². The minimum Gasteiger partial charge on any atom is -0.308 e. The van der Waals surface area contributed by atoms with E-state index in [9.17, 15) is 0 Å². The molecule has 1 heterocycles. The van der Waals surface area contributed by atoms with E-state index in [0.717, 1.165) is 0 Å². The molecule has 0 radical (unpaired) electrons. The highest BCUT2D eigenvalue weighted by Gasteiger charge is 2.26. The number of anilines is 3. The van der Waals surface area contributed by atoms with Crippen molar-refractivity contribution in [1.29, 1.82) is 0 Å². The first-order chi connectivity index (χ1) is 19.9. The molecule has 0 N–H and O–H groups in total. The molecule has 0 aromatic heterocycles. The lowest BCUT2D eigenvalue weighted by Gasteiger charge is -2.34. The van der Waals surface area contributed by atoms with Crippen molar-refractivity contribution in [2.75, 3.05) is 4.90 Å². The summed E-state index contributed by atoms with van der Waals surface area (Å²) in [7, 11) is 0. The summed E-state index contributed by atoms with van der Waals surface area (Å²) >= 11 is 1.88. The molecule has 1 aliphatic rings. The number of nitrogens with zero attached hydrogens (tertiary/aromatic N) is 1. The fourth-order valence-electron chi connectivity index (χ4n) is 5.70. The normalized spacial score (nSPS) is 13.1. The average Bonchev–Trinajstić information content (AvgIpc) is 2.94. The van der Waals surface area contributed by atoms with Gasteiger partial charge in [-0.05, 0) is 112 Å². The van der Waals surface area contributed by atoms with Gasteiger partial charge in [-0.15, -0.1) is 0 Å². The second kappa shape index (κ2) is 10.5. The third-order valence-electron chi connectivity index (χ3n) is 8.28. The third-order valence-corrected chi connectivity index (χ3v) is 9.37. The van der Waals surface area contributed by atoms with Crippen LogP contribution in [0.4, 0.5) is 17.1 Å². The van der Waals surface area contributed by atoms with Crippen LogP contribution in [-0.2, 0) is 10.8 Å². The van der Waals surface area contributed by atoms with Crippen molar-refractivity contribution in [3.05, 3.63) is 125 Å². The predicted molar refractivity (Wildman–Crippen MR) is 183 cm³/mol. The smallest absolute Gasteiger partial charge is 0.0601 e. The quantitative estimate of drug-likeness (QED) is 0.209. The molecule has 0 saturated heterocycles. The maximum Gasteiger partial charge on any atom is 0.0601 e. The fourth-order valence-corrected chi connectivity index (χ4v) is 6.96. The van der Waals surface area contributed by atoms with Crippen LogP contribution in [0.25, 0.3) is 22.3 Å². The van der Waals surface area contributed by atoms with Crippen molar-refractivity contribution < 1.29 is 0 Å². The lowest BCUT2D eigenvalue weighted by molar-refractivity contribution is 0.590. The molecule has 42 heavy (non-hydrogen) atoms. The maximum absolute atomic E-state index is 2.46. The van der Waals surface area contributed by atoms with Gasteiger partial charge in [0.25, 0.3) is 0 Å². The van der Waals surface area contributed by atoms with E-state index in [1.165, 1.54) is 71.4 Å². The lowest BCUT2D eigenvalue weighted by atomic mass is 9.85. The van der Waals surface area contributed by atoms with E-state index in [2.05, 4.69) is 163 Å². The highest BCUT2D eigenvalue weighted by atomic mass is 32.2. The molecule has 0 atom stereocenters. The molecule has 2 heteroatoms. The topological polar surface area (TPSA) is 3.24 Å². The first kappa shape index (κ1) is 28.4. The molecule has 5 aromatic carbocycles. The van der Waals surface area contributed by atoms with Gasteiger partial charge < -0.3 is 4.90 Å². The minimum absolute atomic E-state index is 0.121. The molecule has 0 saturated carbocycles. The van der Waals surface area contributed by atoms with Crippen LogP contribution in [-0.4, -0.2) is 0 Å². The summed E-state index contributed by atoms with van der Waals surface area (Å²) in [5.74, 6) is 0. The van der Waals surface area contributed by atoms with Gasteiger partial charge in [-0.1, -0.05) is 114 Å². The van der Waals surface area contributed by atoms with Crippen molar-refractivity contribution in [2.45, 2.75) is 76.0 Å². The summed E-state index contributed by atoms with van der Waals surface area (Å²) in [4.78, 5) is 5.05. The molecule has 0 bridgehead atoms. The Morgan fingerprint density at radius 2 is 0.857 bits per heavy atom. The molecule has 0 aliphatic carbocycles. The summed E-state index contributed by atoms with van der Waals surface area (Å²) < 4.78 is 0. The van der Waals surface area contributed by atoms with Gasteiger partial charge in [0.2, 0.25) is 0 Å². The predicted octanol–water partition coefficient (Wildman–Crippen LogP) is 12.2. The van der Waals surface area contributed by atoms with Gasteiger partial charge in [0.05, 0.1) is 11.4 Å². The van der Waals surface area contributed by atoms with Gasteiger partial charge in [-0.2, -0.15) is 0 Å². The molecule has 0 unspecified atom stereocenters. The Balaban J connectivity index is 1.56. The van der Waals surface area contributed by atoms with Crippen LogP contribution in [0.15, 0.2) is 113 Å². The number of hydrogen-bond donors (Lipinski definition) is 0. The second-order valence-electron chi connectivity index (χ2n) is 13.8. The number of hydrogen-bond acceptors (Lipinski definition) is 2. The van der Waals surface area contributed by atoms with Crippen LogP contribution in [0, 0.1) is 13.8 Å². The maximum atomic E-state index is 2.46. The summed E-state index contributed by atoms with van der Waals surface area (Å²) in [6.07, 6.45) is 0. The van der Waals surface area contributed by atoms with Crippen LogP contribution in [0.1, 0.15) is 63.8 Å². The Kier molecular flexibility index (Phi) is 7.10. The zero-order valence-electron chi connectivity index (χ0n) is 26.2. The molecular formula is C40H41NS. The molecule has 5 aromatic rings. The zero-order valence-corrected chi connectivity index (χ0v) is 27.0. The van der Waals surface area contributed by atoms with Gasteiger partial charge in [0, 0.05) is 15.5 Å². The standard InChI is InChI=1S/C40H41NS/c1-26-9-19-35-37(21-26)42-38-22-27(2)10-20-36(38)41(35)34-24-30(28-11-15-32(16-12-28)39(3,4)5)23-31(25-34)29-13-17-33(18-14-29)40(6,7)8/h9-25H,1-8H3. The second-order valence-corrected chi connectivity index (χ2v) is 14.9. The number of fused-ring (bicyclic) bond motifs is 2. The van der Waals surface area contributed by atoms with Crippen LogP contribution in [0.3, 0.4) is 0 Å². The van der Waals surface area contributed by atoms with E-state index in [4.69, 9.17) is 0 Å². The first-order valence-electron chi connectivity index (χ1n) is 14.9. The number of benzene rings is 5. The Morgan fingerprint density at radius 3 is 1.24 bits per heavy atom. The van der Waals surface area contributed by atoms with Crippen LogP contribution >= 0.6 is 11.8 Å². The van der Waals surface area contributed by atoms with E-state index < -0.39 is 0 Å². The largest absolute Gasteiger partial charge is 0.308 e. The van der Waals surface area contributed by atoms with Crippen LogP contribution in [0.2, 0.25) is 0 Å². The monoisotopic (exact) mass is 567 g/mol. The van der Waals surface area contributed by atoms with Crippen molar-refractivity contribution in [2.24, 2.45) is 0 Å². The molecule has 0 spiro atoms. The molecule has 0 fully saturated rings. The Labute approximate surface area is 256 Å². The third kappa shape index (κ3) is 5.53. The van der Waals surface area contributed by atoms with Crippen molar-refractivity contribution in [3.63, 3.8) is 0 Å². The summed E-state index contributed by atoms with van der Waals surface area (Å²) in [5.41, 5.74) is 14.1. The Bertz CT molecular complexity index is 1640. The van der Waals surface area contributed by atoms with Gasteiger partial charge in [-0.25, -0.2) is 0 Å². The van der Waals surface area contributed by atoms with E-state index in [1.807, 2.05) is 11.8 Å². The molecule has 6 rings (SSSR count). The SMILES string of the molecule is Cc1ccc2c(c1)Sc1cc(C)ccc1N2c1cc(-c2ccc(C(C)(C)C)cc2)cc(-c2ccc(C(C)(C)C)cc2)c1. The van der Waals surface area contributed by atoms with E-state index in [0.29, 0.717) is 0 Å². The molecule has 1 nitrogen and oxygen atoms in total. The Morgan fingerprint density at radius 1 is 0.452 bits per heavy atom. The van der Waals surface area contributed by atoms with Crippen molar-refractivity contribution in [1.82, 2.24) is 0 Å². The molecular weight excluding hydrogens is 527 g/mol. The van der Waals surface area contributed by atoms with E-state index in [1.54, 1.807) is 0 Å².